The van der Waals surface area contributed by atoms with Crippen LogP contribution >= 0.6 is 12.6 Å². The van der Waals surface area contributed by atoms with Crippen molar-refractivity contribution >= 4 is 35.3 Å². The number of fused-ring (bicyclic) bond motifs is 1. The molecule has 3 aromatic rings. The predicted molar refractivity (Wildman–Crippen MR) is 115 cm³/mol. The van der Waals surface area contributed by atoms with Gasteiger partial charge < -0.3 is 20.4 Å². The molecule has 0 radical (unpaired) electrons. The summed E-state index contributed by atoms with van der Waals surface area (Å²) in [6.45, 7) is 8.30. The van der Waals surface area contributed by atoms with E-state index in [0.29, 0.717) is 24.9 Å². The molecule has 4 heterocycles. The maximum absolute atomic E-state index is 6.04. The number of thiol groups is 1. The van der Waals surface area contributed by atoms with Gasteiger partial charge in [-0.15, -0.1) is 0 Å². The second kappa shape index (κ2) is 10.1. The molecule has 0 bridgehead atoms. The molecule has 4 rings (SSSR count). The third kappa shape index (κ3) is 4.70. The Bertz CT molecular complexity index is 853. The number of nitrogens with two attached hydrogens (primary N) is 1. The van der Waals surface area contributed by atoms with Gasteiger partial charge in [-0.25, -0.2) is 15.0 Å². The van der Waals surface area contributed by atoms with Crippen molar-refractivity contribution in [2.75, 3.05) is 36.6 Å². The van der Waals surface area contributed by atoms with Gasteiger partial charge in [0.15, 0.2) is 5.82 Å². The molecule has 0 aromatic carbocycles. The number of ether oxygens (including phenoxy) is 1. The molecule has 146 valence electrons. The number of morpholine rings is 1. The van der Waals surface area contributed by atoms with E-state index in [4.69, 9.17) is 15.5 Å². The fraction of sp³-hybridized carbons (Fsp3) is 0.421. The Morgan fingerprint density at radius 1 is 1.26 bits per heavy atom. The number of hydrogen-bond acceptors (Lipinski definition) is 7. The number of hydrogen-bond donors (Lipinski definition) is 3. The standard InChI is InChI=1S/C16H18N6O.C2H6.CH4S/c1-10-9-23-7-6-22(10)14-8-13(17)20-16(21-14)12-3-5-19-15-11(12)2-4-18-15;2*1-2/h2-5,8,10H,6-7,9H2,1H3,(H,18,19)(H2,17,20,21);1-2H3;2H,1H3. The first kappa shape index (κ1) is 21.0. The number of nitrogens with zero attached hydrogens (tertiary/aromatic N) is 4. The van der Waals surface area contributed by atoms with E-state index in [0.717, 1.165) is 29.0 Å². The molecular formula is C19H28N6OS. The van der Waals surface area contributed by atoms with Crippen LogP contribution in [-0.4, -0.2) is 52.0 Å². The Hall–Kier alpha value is -2.32. The molecule has 27 heavy (non-hydrogen) atoms. The number of nitrogens with one attached hydrogen (secondary N) is 1. The summed E-state index contributed by atoms with van der Waals surface area (Å²) in [7, 11) is 0. The fourth-order valence-corrected chi connectivity index (χ4v) is 2.94. The zero-order valence-corrected chi connectivity index (χ0v) is 17.2. The molecule has 1 saturated heterocycles. The van der Waals surface area contributed by atoms with Gasteiger partial charge in [0, 0.05) is 36.0 Å². The first-order chi connectivity index (χ1) is 13.2. The minimum Gasteiger partial charge on any atom is -0.384 e. The summed E-state index contributed by atoms with van der Waals surface area (Å²) in [6.07, 6.45) is 5.30. The molecule has 1 aliphatic rings. The smallest absolute Gasteiger partial charge is 0.164 e. The number of anilines is 2. The van der Waals surface area contributed by atoms with Crippen molar-refractivity contribution in [3.8, 4) is 11.4 Å². The van der Waals surface area contributed by atoms with Gasteiger partial charge in [-0.05, 0) is 25.3 Å². The van der Waals surface area contributed by atoms with Crippen LogP contribution in [0.15, 0.2) is 30.6 Å². The van der Waals surface area contributed by atoms with Gasteiger partial charge in [0.25, 0.3) is 0 Å². The van der Waals surface area contributed by atoms with Crippen molar-refractivity contribution in [2.24, 2.45) is 0 Å². The lowest BCUT2D eigenvalue weighted by Crippen LogP contribution is -2.44. The van der Waals surface area contributed by atoms with Crippen LogP contribution in [-0.2, 0) is 4.74 Å². The molecule has 0 spiro atoms. The van der Waals surface area contributed by atoms with Crippen LogP contribution < -0.4 is 10.6 Å². The summed E-state index contributed by atoms with van der Waals surface area (Å²) in [5.74, 6) is 1.92. The van der Waals surface area contributed by atoms with E-state index < -0.39 is 0 Å². The van der Waals surface area contributed by atoms with Crippen molar-refractivity contribution in [1.29, 1.82) is 0 Å². The Morgan fingerprint density at radius 3 is 2.78 bits per heavy atom. The third-order valence-electron chi connectivity index (χ3n) is 4.10. The summed E-state index contributed by atoms with van der Waals surface area (Å²) in [5.41, 5.74) is 7.77. The van der Waals surface area contributed by atoms with Gasteiger partial charge in [-0.2, -0.15) is 12.6 Å². The summed E-state index contributed by atoms with van der Waals surface area (Å²) in [5, 5.41) is 0.985. The summed E-state index contributed by atoms with van der Waals surface area (Å²) in [4.78, 5) is 18.8. The number of aromatic nitrogens is 4. The van der Waals surface area contributed by atoms with E-state index in [1.54, 1.807) is 12.5 Å². The second-order valence-electron chi connectivity index (χ2n) is 5.69. The molecule has 0 saturated carbocycles. The molecule has 3 N–H and O–H groups in total. The molecule has 0 aliphatic carbocycles. The number of pyridine rings is 1. The number of rotatable bonds is 2. The number of nitrogen functional groups attached to an aromatic ring is 1. The highest BCUT2D eigenvalue weighted by atomic mass is 32.1. The highest BCUT2D eigenvalue weighted by Gasteiger charge is 2.21. The van der Waals surface area contributed by atoms with Crippen LogP contribution in [0, 0.1) is 0 Å². The SMILES string of the molecule is CC.CC1COCCN1c1cc(N)nc(-c2ccnc3[nH]ccc23)n1.CS. The van der Waals surface area contributed by atoms with Gasteiger partial charge in [-0.1, -0.05) is 13.8 Å². The van der Waals surface area contributed by atoms with E-state index in [2.05, 4.69) is 39.4 Å². The summed E-state index contributed by atoms with van der Waals surface area (Å²) < 4.78 is 5.50. The molecule has 3 aromatic heterocycles. The molecule has 7 nitrogen and oxygen atoms in total. The lowest BCUT2D eigenvalue weighted by Gasteiger charge is -2.34. The van der Waals surface area contributed by atoms with E-state index in [1.165, 1.54) is 0 Å². The van der Waals surface area contributed by atoms with E-state index in [-0.39, 0.29) is 6.04 Å². The third-order valence-corrected chi connectivity index (χ3v) is 4.10. The Labute approximate surface area is 165 Å². The average molecular weight is 389 g/mol. The molecule has 1 fully saturated rings. The van der Waals surface area contributed by atoms with E-state index in [1.807, 2.05) is 38.2 Å². The van der Waals surface area contributed by atoms with Crippen LogP contribution in [0.5, 0.6) is 0 Å². The summed E-state index contributed by atoms with van der Waals surface area (Å²) >= 11 is 3.53. The van der Waals surface area contributed by atoms with Crippen molar-refractivity contribution in [1.82, 2.24) is 19.9 Å². The zero-order valence-electron chi connectivity index (χ0n) is 16.3. The number of H-pyrrole nitrogens is 1. The Balaban J connectivity index is 0.000000614. The largest absolute Gasteiger partial charge is 0.384 e. The van der Waals surface area contributed by atoms with Gasteiger partial charge in [-0.3, -0.25) is 0 Å². The Kier molecular flexibility index (Phi) is 7.87. The minimum absolute atomic E-state index is 0.260. The zero-order chi connectivity index (χ0) is 19.8. The van der Waals surface area contributed by atoms with Gasteiger partial charge >= 0.3 is 0 Å². The topological polar surface area (TPSA) is 93.0 Å². The molecule has 8 heteroatoms. The second-order valence-corrected chi connectivity index (χ2v) is 5.69. The van der Waals surface area contributed by atoms with Crippen molar-refractivity contribution in [2.45, 2.75) is 26.8 Å². The maximum Gasteiger partial charge on any atom is 0.164 e. The first-order valence-electron chi connectivity index (χ1n) is 9.08. The lowest BCUT2D eigenvalue weighted by molar-refractivity contribution is 0.0985. The van der Waals surface area contributed by atoms with Crippen molar-refractivity contribution in [3.05, 3.63) is 30.6 Å². The van der Waals surface area contributed by atoms with Gasteiger partial charge in [0.2, 0.25) is 0 Å². The normalized spacial score (nSPS) is 16.2. The monoisotopic (exact) mass is 388 g/mol. The van der Waals surface area contributed by atoms with Crippen LogP contribution in [0.2, 0.25) is 0 Å². The van der Waals surface area contributed by atoms with E-state index in [9.17, 15) is 0 Å². The average Bonchev–Trinajstić information content (AvgIpc) is 3.20. The molecule has 1 unspecified atom stereocenters. The van der Waals surface area contributed by atoms with Crippen LogP contribution in [0.1, 0.15) is 20.8 Å². The predicted octanol–water partition coefficient (Wildman–Crippen LogP) is 3.40. The van der Waals surface area contributed by atoms with Crippen LogP contribution in [0.4, 0.5) is 11.6 Å². The van der Waals surface area contributed by atoms with Crippen molar-refractivity contribution in [3.63, 3.8) is 0 Å². The van der Waals surface area contributed by atoms with Gasteiger partial charge in [0.1, 0.15) is 17.3 Å². The van der Waals surface area contributed by atoms with Crippen molar-refractivity contribution < 1.29 is 4.74 Å². The lowest BCUT2D eigenvalue weighted by atomic mass is 10.1. The highest BCUT2D eigenvalue weighted by molar-refractivity contribution is 7.79. The minimum atomic E-state index is 0.260. The fourth-order valence-electron chi connectivity index (χ4n) is 2.94. The number of aromatic amines is 1. The molecule has 0 amide bonds. The molecule has 1 atom stereocenters. The Morgan fingerprint density at radius 2 is 2.04 bits per heavy atom. The van der Waals surface area contributed by atoms with Crippen LogP contribution in [0.3, 0.4) is 0 Å². The summed E-state index contributed by atoms with van der Waals surface area (Å²) in [6, 6.07) is 5.97. The quantitative estimate of drug-likeness (QED) is 0.583. The maximum atomic E-state index is 6.04. The molecule has 1 aliphatic heterocycles. The highest BCUT2D eigenvalue weighted by Crippen LogP contribution is 2.28. The van der Waals surface area contributed by atoms with Gasteiger partial charge in [0.05, 0.1) is 19.3 Å². The van der Waals surface area contributed by atoms with Crippen LogP contribution in [0.25, 0.3) is 22.4 Å². The molecular weight excluding hydrogens is 360 g/mol. The first-order valence-corrected chi connectivity index (χ1v) is 9.98. The van der Waals surface area contributed by atoms with E-state index >= 15 is 0 Å².